The van der Waals surface area contributed by atoms with E-state index in [1.807, 2.05) is 42.5 Å². The van der Waals surface area contributed by atoms with E-state index in [0.717, 1.165) is 25.1 Å². The number of nitrogens with zero attached hydrogens (tertiary/aromatic N) is 1. The van der Waals surface area contributed by atoms with Crippen LogP contribution < -0.4 is 9.62 Å². The Morgan fingerprint density at radius 2 is 1.53 bits per heavy atom. The number of hydrogen-bond acceptors (Lipinski definition) is 3. The summed E-state index contributed by atoms with van der Waals surface area (Å²) in [5.41, 5.74) is 1.37. The number of rotatable bonds is 7. The van der Waals surface area contributed by atoms with Gasteiger partial charge in [-0.1, -0.05) is 82.7 Å². The minimum atomic E-state index is -3.93. The fourth-order valence-electron chi connectivity index (χ4n) is 3.49. The standard InChI is InChI=1S/C25H21BrN2O3S/c26-21-11-7-12-22(16-21)28(32(30,31)23-13-2-1-3-14-23)18-25(29)27-17-20-10-6-9-19-8-4-5-15-24(19)20/h1-16H,17-18H2,(H,27,29). The molecular formula is C25H21BrN2O3S. The van der Waals surface area contributed by atoms with Crippen molar-refractivity contribution in [1.82, 2.24) is 5.32 Å². The molecule has 4 aromatic rings. The first kappa shape index (κ1) is 22.0. The summed E-state index contributed by atoms with van der Waals surface area (Å²) in [4.78, 5) is 13.0. The molecule has 0 aliphatic rings. The average Bonchev–Trinajstić information content (AvgIpc) is 2.81. The van der Waals surface area contributed by atoms with Gasteiger partial charge in [0.2, 0.25) is 5.91 Å². The van der Waals surface area contributed by atoms with Crippen LogP contribution in [0, 0.1) is 0 Å². The normalized spacial score (nSPS) is 11.3. The molecule has 0 aliphatic carbocycles. The lowest BCUT2D eigenvalue weighted by Crippen LogP contribution is -2.40. The zero-order valence-corrected chi connectivity index (χ0v) is 19.5. The maximum absolute atomic E-state index is 13.4. The SMILES string of the molecule is O=C(CN(c1cccc(Br)c1)S(=O)(=O)c1ccccc1)NCc1cccc2ccccc12. The van der Waals surface area contributed by atoms with Gasteiger partial charge in [0, 0.05) is 11.0 Å². The minimum Gasteiger partial charge on any atom is -0.350 e. The van der Waals surface area contributed by atoms with E-state index < -0.39 is 15.9 Å². The van der Waals surface area contributed by atoms with Gasteiger partial charge in [-0.15, -0.1) is 0 Å². The molecule has 0 saturated heterocycles. The summed E-state index contributed by atoms with van der Waals surface area (Å²) in [5.74, 6) is -0.391. The molecule has 7 heteroatoms. The van der Waals surface area contributed by atoms with Crippen LogP contribution in [0.2, 0.25) is 0 Å². The quantitative estimate of drug-likeness (QED) is 0.377. The van der Waals surface area contributed by atoms with Crippen LogP contribution in [0.3, 0.4) is 0 Å². The number of sulfonamides is 1. The lowest BCUT2D eigenvalue weighted by Gasteiger charge is -2.24. The number of amides is 1. The number of halogens is 1. The van der Waals surface area contributed by atoms with Gasteiger partial charge in [0.25, 0.3) is 10.0 Å². The molecule has 1 amide bonds. The van der Waals surface area contributed by atoms with E-state index in [-0.39, 0.29) is 11.4 Å². The smallest absolute Gasteiger partial charge is 0.264 e. The first-order valence-corrected chi connectivity index (χ1v) is 12.3. The Morgan fingerprint density at radius 3 is 2.31 bits per heavy atom. The highest BCUT2D eigenvalue weighted by atomic mass is 79.9. The summed E-state index contributed by atoms with van der Waals surface area (Å²) in [6.07, 6.45) is 0. The molecule has 0 atom stereocenters. The first-order chi connectivity index (χ1) is 15.4. The van der Waals surface area contributed by atoms with E-state index in [2.05, 4.69) is 21.2 Å². The molecule has 0 radical (unpaired) electrons. The molecule has 4 rings (SSSR count). The van der Waals surface area contributed by atoms with E-state index in [0.29, 0.717) is 12.2 Å². The van der Waals surface area contributed by atoms with Crippen molar-refractivity contribution in [2.75, 3.05) is 10.8 Å². The number of benzene rings is 4. The lowest BCUT2D eigenvalue weighted by molar-refractivity contribution is -0.119. The molecular weight excluding hydrogens is 488 g/mol. The summed E-state index contributed by atoms with van der Waals surface area (Å²) < 4.78 is 28.6. The van der Waals surface area contributed by atoms with Crippen molar-refractivity contribution in [3.05, 3.63) is 107 Å². The van der Waals surface area contributed by atoms with Gasteiger partial charge in [0.15, 0.2) is 0 Å². The third kappa shape index (κ3) is 4.84. The molecule has 0 spiro atoms. The predicted octanol–water partition coefficient (Wildman–Crippen LogP) is 5.11. The molecule has 0 fully saturated rings. The zero-order valence-electron chi connectivity index (χ0n) is 17.1. The van der Waals surface area contributed by atoms with Gasteiger partial charge in [-0.05, 0) is 46.7 Å². The molecule has 162 valence electrons. The van der Waals surface area contributed by atoms with Crippen molar-refractivity contribution in [3.63, 3.8) is 0 Å². The van der Waals surface area contributed by atoms with Crippen LogP contribution in [0.1, 0.15) is 5.56 Å². The molecule has 32 heavy (non-hydrogen) atoms. The van der Waals surface area contributed by atoms with Crippen molar-refractivity contribution in [1.29, 1.82) is 0 Å². The molecule has 0 unspecified atom stereocenters. The summed E-state index contributed by atoms with van der Waals surface area (Å²) in [7, 11) is -3.93. The monoisotopic (exact) mass is 508 g/mol. The van der Waals surface area contributed by atoms with Crippen LogP contribution >= 0.6 is 15.9 Å². The van der Waals surface area contributed by atoms with Crippen LogP contribution in [0.5, 0.6) is 0 Å². The molecule has 0 heterocycles. The van der Waals surface area contributed by atoms with Crippen molar-refractivity contribution in [2.45, 2.75) is 11.4 Å². The third-order valence-electron chi connectivity index (χ3n) is 5.07. The third-order valence-corrected chi connectivity index (χ3v) is 7.35. The van der Waals surface area contributed by atoms with Crippen LogP contribution in [0.15, 0.2) is 106 Å². The summed E-state index contributed by atoms with van der Waals surface area (Å²) >= 11 is 3.38. The largest absolute Gasteiger partial charge is 0.350 e. The van der Waals surface area contributed by atoms with E-state index in [1.165, 1.54) is 12.1 Å². The van der Waals surface area contributed by atoms with Crippen LogP contribution in [0.25, 0.3) is 10.8 Å². The fourth-order valence-corrected chi connectivity index (χ4v) is 5.31. The second-order valence-corrected chi connectivity index (χ2v) is 10.00. The Labute approximate surface area is 195 Å². The van der Waals surface area contributed by atoms with E-state index in [1.54, 1.807) is 42.5 Å². The molecule has 0 aromatic heterocycles. The predicted molar refractivity (Wildman–Crippen MR) is 131 cm³/mol. The Kier molecular flexibility index (Phi) is 6.58. The highest BCUT2D eigenvalue weighted by Gasteiger charge is 2.27. The van der Waals surface area contributed by atoms with Gasteiger partial charge >= 0.3 is 0 Å². The van der Waals surface area contributed by atoms with Crippen LogP contribution in [-0.2, 0) is 21.4 Å². The number of anilines is 1. The zero-order chi connectivity index (χ0) is 22.6. The van der Waals surface area contributed by atoms with Gasteiger partial charge in [-0.3, -0.25) is 9.10 Å². The minimum absolute atomic E-state index is 0.127. The van der Waals surface area contributed by atoms with Crippen molar-refractivity contribution >= 4 is 48.3 Å². The first-order valence-electron chi connectivity index (χ1n) is 10.0. The molecule has 1 N–H and O–H groups in total. The fraction of sp³-hybridized carbons (Fsp3) is 0.0800. The highest BCUT2D eigenvalue weighted by Crippen LogP contribution is 2.26. The molecule has 5 nitrogen and oxygen atoms in total. The molecule has 0 aliphatic heterocycles. The van der Waals surface area contributed by atoms with Crippen molar-refractivity contribution in [2.24, 2.45) is 0 Å². The van der Waals surface area contributed by atoms with Gasteiger partial charge in [0.1, 0.15) is 6.54 Å². The number of nitrogens with one attached hydrogen (secondary N) is 1. The van der Waals surface area contributed by atoms with Crippen molar-refractivity contribution < 1.29 is 13.2 Å². The van der Waals surface area contributed by atoms with E-state index in [4.69, 9.17) is 0 Å². The summed E-state index contributed by atoms with van der Waals surface area (Å²) in [6.45, 7) is -0.0314. The van der Waals surface area contributed by atoms with E-state index >= 15 is 0 Å². The van der Waals surface area contributed by atoms with Gasteiger partial charge in [-0.2, -0.15) is 0 Å². The maximum Gasteiger partial charge on any atom is 0.264 e. The van der Waals surface area contributed by atoms with E-state index in [9.17, 15) is 13.2 Å². The maximum atomic E-state index is 13.4. The molecule has 0 saturated carbocycles. The summed E-state index contributed by atoms with van der Waals surface area (Å²) in [6, 6.07) is 28.9. The highest BCUT2D eigenvalue weighted by molar-refractivity contribution is 9.10. The van der Waals surface area contributed by atoms with Crippen LogP contribution in [-0.4, -0.2) is 20.9 Å². The Balaban J connectivity index is 1.59. The van der Waals surface area contributed by atoms with Gasteiger partial charge in [-0.25, -0.2) is 8.42 Å². The number of hydrogen-bond donors (Lipinski definition) is 1. The van der Waals surface area contributed by atoms with Gasteiger partial charge in [0.05, 0.1) is 10.6 Å². The summed E-state index contributed by atoms with van der Waals surface area (Å²) in [5, 5.41) is 5.01. The Bertz CT molecular complexity index is 1350. The second-order valence-electron chi connectivity index (χ2n) is 7.22. The second kappa shape index (κ2) is 9.54. The average molecular weight is 509 g/mol. The van der Waals surface area contributed by atoms with Crippen LogP contribution in [0.4, 0.5) is 5.69 Å². The van der Waals surface area contributed by atoms with Crippen molar-refractivity contribution in [3.8, 4) is 0 Å². The molecule has 0 bridgehead atoms. The number of carbonyl (C=O) groups is 1. The number of fused-ring (bicyclic) bond motifs is 1. The Hall–Kier alpha value is -3.16. The number of carbonyl (C=O) groups excluding carboxylic acids is 1. The Morgan fingerprint density at radius 1 is 0.844 bits per heavy atom. The molecule has 4 aromatic carbocycles. The van der Waals surface area contributed by atoms with Gasteiger partial charge < -0.3 is 5.32 Å². The topological polar surface area (TPSA) is 66.5 Å². The lowest BCUT2D eigenvalue weighted by atomic mass is 10.0.